The smallest absolute Gasteiger partial charge is 0.339 e. The first kappa shape index (κ1) is 20.1. The number of hydrogen-bond donors (Lipinski definition) is 1. The number of carbonyl (C=O) groups is 2. The standard InChI is InChI=1S/C21H17ClN4O3S/c1-2-26-20-16(11-23-26)15(10-17(25-20)18-4-3-9-30-18)21(28)29-12-19(27)24-14-7-5-13(22)6-8-14/h3-11H,2,12H2,1H3,(H,24,27). The predicted molar refractivity (Wildman–Crippen MR) is 117 cm³/mol. The van der Waals surface area contributed by atoms with Crippen molar-refractivity contribution in [2.24, 2.45) is 0 Å². The monoisotopic (exact) mass is 440 g/mol. The Morgan fingerprint density at radius 2 is 2.03 bits per heavy atom. The summed E-state index contributed by atoms with van der Waals surface area (Å²) in [5.74, 6) is -1.05. The highest BCUT2D eigenvalue weighted by Gasteiger charge is 2.19. The zero-order chi connectivity index (χ0) is 21.1. The third-order valence-electron chi connectivity index (χ3n) is 4.36. The quantitative estimate of drug-likeness (QED) is 0.442. The lowest BCUT2D eigenvalue weighted by Gasteiger charge is -2.09. The molecule has 0 spiro atoms. The molecule has 1 aromatic carbocycles. The van der Waals surface area contributed by atoms with E-state index in [9.17, 15) is 9.59 Å². The molecule has 3 heterocycles. The maximum absolute atomic E-state index is 12.8. The highest BCUT2D eigenvalue weighted by Crippen LogP contribution is 2.28. The second-order valence-corrected chi connectivity index (χ2v) is 7.75. The maximum atomic E-state index is 12.8. The number of ether oxygens (including phenoxy) is 1. The molecule has 0 atom stereocenters. The molecule has 0 saturated carbocycles. The van der Waals surface area contributed by atoms with Gasteiger partial charge >= 0.3 is 5.97 Å². The van der Waals surface area contributed by atoms with Gasteiger partial charge in [0.15, 0.2) is 12.3 Å². The van der Waals surface area contributed by atoms with E-state index >= 15 is 0 Å². The van der Waals surface area contributed by atoms with Gasteiger partial charge in [-0.1, -0.05) is 17.7 Å². The minimum Gasteiger partial charge on any atom is -0.452 e. The van der Waals surface area contributed by atoms with Crippen molar-refractivity contribution < 1.29 is 14.3 Å². The first-order chi connectivity index (χ1) is 14.5. The molecule has 30 heavy (non-hydrogen) atoms. The van der Waals surface area contributed by atoms with Crippen molar-refractivity contribution >= 4 is 51.5 Å². The van der Waals surface area contributed by atoms with Gasteiger partial charge in [-0.3, -0.25) is 4.79 Å². The molecule has 4 aromatic rings. The molecule has 0 aliphatic rings. The number of thiophene rings is 1. The fraction of sp³-hybridized carbons (Fsp3) is 0.143. The fourth-order valence-corrected chi connectivity index (χ4v) is 3.75. The highest BCUT2D eigenvalue weighted by atomic mass is 35.5. The average Bonchev–Trinajstić information content (AvgIpc) is 3.42. The van der Waals surface area contributed by atoms with Crippen molar-refractivity contribution in [1.82, 2.24) is 14.8 Å². The van der Waals surface area contributed by atoms with Gasteiger partial charge in [-0.25, -0.2) is 14.5 Å². The van der Waals surface area contributed by atoms with Crippen LogP contribution in [0.5, 0.6) is 0 Å². The van der Waals surface area contributed by atoms with Crippen LogP contribution in [0.3, 0.4) is 0 Å². The van der Waals surface area contributed by atoms with Crippen LogP contribution in [0.2, 0.25) is 5.02 Å². The van der Waals surface area contributed by atoms with E-state index < -0.39 is 18.5 Å². The fourth-order valence-electron chi connectivity index (χ4n) is 2.94. The number of esters is 1. The van der Waals surface area contributed by atoms with E-state index in [1.54, 1.807) is 41.2 Å². The maximum Gasteiger partial charge on any atom is 0.339 e. The van der Waals surface area contributed by atoms with Crippen molar-refractivity contribution in [3.63, 3.8) is 0 Å². The summed E-state index contributed by atoms with van der Waals surface area (Å²) in [6, 6.07) is 12.2. The van der Waals surface area contributed by atoms with Gasteiger partial charge in [-0.15, -0.1) is 11.3 Å². The van der Waals surface area contributed by atoms with Crippen LogP contribution in [0.25, 0.3) is 21.6 Å². The first-order valence-electron chi connectivity index (χ1n) is 9.18. The Morgan fingerprint density at radius 1 is 1.23 bits per heavy atom. The van der Waals surface area contributed by atoms with Crippen LogP contribution in [-0.2, 0) is 16.1 Å². The van der Waals surface area contributed by atoms with Gasteiger partial charge in [0.25, 0.3) is 5.91 Å². The molecule has 0 aliphatic carbocycles. The molecule has 9 heteroatoms. The van der Waals surface area contributed by atoms with Crippen molar-refractivity contribution in [1.29, 1.82) is 0 Å². The van der Waals surface area contributed by atoms with Crippen molar-refractivity contribution in [2.45, 2.75) is 13.5 Å². The highest BCUT2D eigenvalue weighted by molar-refractivity contribution is 7.13. The molecule has 0 radical (unpaired) electrons. The molecule has 0 saturated heterocycles. The zero-order valence-electron chi connectivity index (χ0n) is 16.0. The summed E-state index contributed by atoms with van der Waals surface area (Å²) in [5.41, 5.74) is 2.14. The molecule has 7 nitrogen and oxygen atoms in total. The van der Waals surface area contributed by atoms with E-state index in [1.165, 1.54) is 11.3 Å². The van der Waals surface area contributed by atoms with E-state index in [2.05, 4.69) is 15.4 Å². The van der Waals surface area contributed by atoms with E-state index in [0.29, 0.717) is 39.5 Å². The molecule has 3 aromatic heterocycles. The van der Waals surface area contributed by atoms with E-state index in [-0.39, 0.29) is 0 Å². The van der Waals surface area contributed by atoms with Crippen LogP contribution in [0.4, 0.5) is 5.69 Å². The van der Waals surface area contributed by atoms with Crippen LogP contribution in [0.1, 0.15) is 17.3 Å². The predicted octanol–water partition coefficient (Wildman–Crippen LogP) is 4.63. The summed E-state index contributed by atoms with van der Waals surface area (Å²) in [5, 5.41) is 10.0. The second kappa shape index (κ2) is 8.64. The molecule has 0 unspecified atom stereocenters. The Morgan fingerprint density at radius 3 is 2.73 bits per heavy atom. The summed E-state index contributed by atoms with van der Waals surface area (Å²) in [6.07, 6.45) is 1.59. The van der Waals surface area contributed by atoms with Gasteiger partial charge in [-0.2, -0.15) is 5.10 Å². The van der Waals surface area contributed by atoms with Crippen LogP contribution in [0.15, 0.2) is 54.0 Å². The molecule has 1 amide bonds. The number of aryl methyl sites for hydroxylation is 1. The number of carbonyl (C=O) groups excluding carboxylic acids is 2. The Hall–Kier alpha value is -3.23. The number of anilines is 1. The van der Waals surface area contributed by atoms with Crippen LogP contribution >= 0.6 is 22.9 Å². The second-order valence-electron chi connectivity index (χ2n) is 6.36. The third-order valence-corrected chi connectivity index (χ3v) is 5.51. The summed E-state index contributed by atoms with van der Waals surface area (Å²) < 4.78 is 6.99. The van der Waals surface area contributed by atoms with Gasteiger partial charge in [-0.05, 0) is 48.7 Å². The number of pyridine rings is 1. The summed E-state index contributed by atoms with van der Waals surface area (Å²) in [7, 11) is 0. The SMILES string of the molecule is CCn1ncc2c(C(=O)OCC(=O)Nc3ccc(Cl)cc3)cc(-c3cccs3)nc21. The molecular weight excluding hydrogens is 424 g/mol. The lowest BCUT2D eigenvalue weighted by molar-refractivity contribution is -0.119. The number of nitrogens with one attached hydrogen (secondary N) is 1. The molecular formula is C21H17ClN4O3S. The lowest BCUT2D eigenvalue weighted by Crippen LogP contribution is -2.21. The summed E-state index contributed by atoms with van der Waals surface area (Å²) in [4.78, 5) is 30.5. The Labute approximate surface area is 181 Å². The number of rotatable bonds is 6. The van der Waals surface area contributed by atoms with E-state index in [0.717, 1.165) is 4.88 Å². The summed E-state index contributed by atoms with van der Waals surface area (Å²) >= 11 is 7.36. The van der Waals surface area contributed by atoms with Gasteiger partial charge in [0.05, 0.1) is 27.7 Å². The average molecular weight is 441 g/mol. The van der Waals surface area contributed by atoms with Crippen molar-refractivity contribution in [3.05, 3.63) is 64.6 Å². The van der Waals surface area contributed by atoms with E-state index in [1.807, 2.05) is 24.4 Å². The van der Waals surface area contributed by atoms with Gasteiger partial charge in [0.1, 0.15) is 0 Å². The normalized spacial score (nSPS) is 10.9. The topological polar surface area (TPSA) is 86.1 Å². The molecule has 0 aliphatic heterocycles. The molecule has 1 N–H and O–H groups in total. The largest absolute Gasteiger partial charge is 0.452 e. The van der Waals surface area contributed by atoms with Crippen LogP contribution in [-0.4, -0.2) is 33.2 Å². The number of fused-ring (bicyclic) bond motifs is 1. The lowest BCUT2D eigenvalue weighted by atomic mass is 10.1. The zero-order valence-corrected chi connectivity index (χ0v) is 17.5. The van der Waals surface area contributed by atoms with E-state index in [4.69, 9.17) is 16.3 Å². The van der Waals surface area contributed by atoms with Crippen LogP contribution < -0.4 is 5.32 Å². The van der Waals surface area contributed by atoms with Crippen molar-refractivity contribution in [3.8, 4) is 10.6 Å². The number of aromatic nitrogens is 3. The van der Waals surface area contributed by atoms with Gasteiger partial charge in [0, 0.05) is 17.3 Å². The number of halogens is 1. The molecule has 4 rings (SSSR count). The Kier molecular flexibility index (Phi) is 5.78. The number of amides is 1. The molecule has 0 bridgehead atoms. The third kappa shape index (κ3) is 4.19. The van der Waals surface area contributed by atoms with Crippen molar-refractivity contribution in [2.75, 3.05) is 11.9 Å². The molecule has 0 fully saturated rings. The van der Waals surface area contributed by atoms with Gasteiger partial charge in [0.2, 0.25) is 0 Å². The Bertz CT molecular complexity index is 1200. The number of nitrogens with zero attached hydrogens (tertiary/aromatic N) is 3. The van der Waals surface area contributed by atoms with Crippen LogP contribution in [0, 0.1) is 0 Å². The molecule has 152 valence electrons. The van der Waals surface area contributed by atoms with Gasteiger partial charge < -0.3 is 10.1 Å². The number of benzene rings is 1. The number of hydrogen-bond acceptors (Lipinski definition) is 6. The first-order valence-corrected chi connectivity index (χ1v) is 10.4. The summed E-state index contributed by atoms with van der Waals surface area (Å²) in [6.45, 7) is 2.15. The minimum atomic E-state index is -0.609. The minimum absolute atomic E-state index is 0.322. The Balaban J connectivity index is 1.55.